The second kappa shape index (κ2) is 5.99. The predicted molar refractivity (Wildman–Crippen MR) is 89.0 cm³/mol. The summed E-state index contributed by atoms with van der Waals surface area (Å²) in [6.45, 7) is 0. The number of nitro benzene ring substituents is 1. The maximum absolute atomic E-state index is 11.1. The van der Waals surface area contributed by atoms with Crippen LogP contribution in [0.25, 0.3) is 0 Å². The molecule has 1 atom stereocenters. The van der Waals surface area contributed by atoms with Crippen LogP contribution in [0.2, 0.25) is 0 Å². The van der Waals surface area contributed by atoms with Gasteiger partial charge >= 0.3 is 0 Å². The number of hydrogen-bond acceptors (Lipinski definition) is 4. The van der Waals surface area contributed by atoms with E-state index in [0.29, 0.717) is 4.90 Å². The third-order valence-electron chi connectivity index (χ3n) is 3.27. The number of nitrogens with zero attached hydrogens (tertiary/aromatic N) is 2. The first-order valence-corrected chi connectivity index (χ1v) is 8.29. The normalized spacial score (nSPS) is 16.4. The number of fused-ring (bicyclic) bond motifs is 1. The van der Waals surface area contributed by atoms with Crippen LogP contribution >= 0.6 is 27.7 Å². The summed E-state index contributed by atoms with van der Waals surface area (Å²) in [6.07, 6.45) is 0. The lowest BCUT2D eigenvalue weighted by Gasteiger charge is -2.10. The van der Waals surface area contributed by atoms with Crippen molar-refractivity contribution in [2.24, 2.45) is 4.99 Å². The molecule has 1 aliphatic heterocycles. The number of nitro groups is 1. The molecule has 1 unspecified atom stereocenters. The summed E-state index contributed by atoms with van der Waals surface area (Å²) in [4.78, 5) is 16.0. The zero-order valence-corrected chi connectivity index (χ0v) is 13.3. The highest BCUT2D eigenvalue weighted by atomic mass is 79.9. The van der Waals surface area contributed by atoms with Crippen molar-refractivity contribution >= 4 is 44.1 Å². The minimum absolute atomic E-state index is 0.120. The Labute approximate surface area is 134 Å². The summed E-state index contributed by atoms with van der Waals surface area (Å²) >= 11 is 4.89. The zero-order valence-electron chi connectivity index (χ0n) is 10.9. The molecule has 21 heavy (non-hydrogen) atoms. The first kappa shape index (κ1) is 14.3. The van der Waals surface area contributed by atoms with Crippen LogP contribution in [0.5, 0.6) is 0 Å². The fourth-order valence-corrected chi connectivity index (χ4v) is 4.25. The molecular weight excluding hydrogens is 352 g/mol. The van der Waals surface area contributed by atoms with Crippen molar-refractivity contribution in [3.8, 4) is 0 Å². The van der Waals surface area contributed by atoms with Gasteiger partial charge in [-0.25, -0.2) is 4.99 Å². The molecule has 2 aromatic rings. The predicted octanol–water partition coefficient (Wildman–Crippen LogP) is 4.91. The summed E-state index contributed by atoms with van der Waals surface area (Å²) in [7, 11) is 0. The molecule has 0 radical (unpaired) electrons. The first-order valence-electron chi connectivity index (χ1n) is 6.35. The fourth-order valence-electron chi connectivity index (χ4n) is 2.26. The van der Waals surface area contributed by atoms with Crippen molar-refractivity contribution < 1.29 is 4.92 Å². The van der Waals surface area contributed by atoms with Gasteiger partial charge in [-0.1, -0.05) is 58.0 Å². The summed E-state index contributed by atoms with van der Waals surface area (Å²) in [5, 5.41) is 12.7. The maximum Gasteiger partial charge on any atom is 0.283 e. The second-order valence-electron chi connectivity index (χ2n) is 4.54. The standard InChI is InChI=1S/C15H11BrN2O2S/c16-9-11-10-5-1-2-6-12(10)17-15(11)21-14-8-4-3-7-13(14)18(19)20/h1-8,11H,9H2. The van der Waals surface area contributed by atoms with Gasteiger partial charge in [-0.15, -0.1) is 0 Å². The molecule has 0 fully saturated rings. The number of para-hydroxylation sites is 2. The van der Waals surface area contributed by atoms with Gasteiger partial charge in [0.2, 0.25) is 0 Å². The molecule has 3 rings (SSSR count). The van der Waals surface area contributed by atoms with Crippen LogP contribution in [0.1, 0.15) is 11.5 Å². The minimum atomic E-state index is -0.353. The van der Waals surface area contributed by atoms with E-state index in [-0.39, 0.29) is 16.5 Å². The average Bonchev–Trinajstić information content (AvgIpc) is 2.84. The summed E-state index contributed by atoms with van der Waals surface area (Å²) in [5.41, 5.74) is 2.23. The van der Waals surface area contributed by atoms with Crippen molar-refractivity contribution in [1.29, 1.82) is 0 Å². The van der Waals surface area contributed by atoms with Crippen molar-refractivity contribution in [3.63, 3.8) is 0 Å². The summed E-state index contributed by atoms with van der Waals surface area (Å²) in [6, 6.07) is 14.7. The molecule has 1 aliphatic rings. The molecule has 0 saturated heterocycles. The van der Waals surface area contributed by atoms with Gasteiger partial charge < -0.3 is 0 Å². The quantitative estimate of drug-likeness (QED) is 0.442. The van der Waals surface area contributed by atoms with Crippen LogP contribution in [0.3, 0.4) is 0 Å². The fraction of sp³-hybridized carbons (Fsp3) is 0.133. The van der Waals surface area contributed by atoms with Gasteiger partial charge in [0.15, 0.2) is 0 Å². The number of aliphatic imine (C=N–C) groups is 1. The van der Waals surface area contributed by atoms with E-state index in [4.69, 9.17) is 0 Å². The number of thioether (sulfide) groups is 1. The van der Waals surface area contributed by atoms with Gasteiger partial charge in [0, 0.05) is 17.3 Å². The van der Waals surface area contributed by atoms with E-state index in [1.54, 1.807) is 18.2 Å². The summed E-state index contributed by atoms with van der Waals surface area (Å²) < 4.78 is 0. The van der Waals surface area contributed by atoms with E-state index >= 15 is 0 Å². The average molecular weight is 363 g/mol. The molecule has 106 valence electrons. The lowest BCUT2D eigenvalue weighted by molar-refractivity contribution is -0.387. The van der Waals surface area contributed by atoms with Crippen LogP contribution in [-0.2, 0) is 0 Å². The van der Waals surface area contributed by atoms with Crippen LogP contribution < -0.4 is 0 Å². The molecule has 0 bridgehead atoms. The van der Waals surface area contributed by atoms with E-state index in [2.05, 4.69) is 27.0 Å². The Kier molecular flexibility index (Phi) is 4.07. The minimum Gasteiger partial charge on any atom is -0.258 e. The molecular formula is C15H11BrN2O2S. The first-order chi connectivity index (χ1) is 10.2. The molecule has 0 spiro atoms. The molecule has 0 amide bonds. The Bertz CT molecular complexity index is 733. The second-order valence-corrected chi connectivity index (χ2v) is 6.25. The van der Waals surface area contributed by atoms with E-state index in [9.17, 15) is 10.1 Å². The number of hydrogen-bond donors (Lipinski definition) is 0. The van der Waals surface area contributed by atoms with Crippen LogP contribution in [0.15, 0.2) is 58.4 Å². The van der Waals surface area contributed by atoms with Crippen molar-refractivity contribution in [2.75, 3.05) is 5.33 Å². The van der Waals surface area contributed by atoms with Gasteiger partial charge in [0.1, 0.15) is 0 Å². The Morgan fingerprint density at radius 2 is 1.90 bits per heavy atom. The lowest BCUT2D eigenvalue weighted by atomic mass is 10.0. The van der Waals surface area contributed by atoms with Crippen LogP contribution in [0.4, 0.5) is 11.4 Å². The Hall–Kier alpha value is -1.66. The van der Waals surface area contributed by atoms with Crippen molar-refractivity contribution in [3.05, 3.63) is 64.2 Å². The molecule has 2 aromatic carbocycles. The molecule has 0 saturated carbocycles. The van der Waals surface area contributed by atoms with Gasteiger partial charge in [-0.3, -0.25) is 10.1 Å². The van der Waals surface area contributed by atoms with Crippen molar-refractivity contribution in [1.82, 2.24) is 0 Å². The molecule has 4 nitrogen and oxygen atoms in total. The molecule has 6 heteroatoms. The number of benzene rings is 2. The maximum atomic E-state index is 11.1. The van der Waals surface area contributed by atoms with Crippen LogP contribution in [-0.4, -0.2) is 15.3 Å². The number of alkyl halides is 1. The molecule has 1 heterocycles. The van der Waals surface area contributed by atoms with E-state index < -0.39 is 0 Å². The Morgan fingerprint density at radius 1 is 1.19 bits per heavy atom. The third kappa shape index (κ3) is 2.73. The molecule has 0 N–H and O–H groups in total. The molecule has 0 aliphatic carbocycles. The van der Waals surface area contributed by atoms with Gasteiger partial charge in [0.25, 0.3) is 5.69 Å². The number of halogens is 1. The lowest BCUT2D eigenvalue weighted by Crippen LogP contribution is -2.06. The highest BCUT2D eigenvalue weighted by molar-refractivity contribution is 9.09. The molecule has 0 aromatic heterocycles. The van der Waals surface area contributed by atoms with E-state index in [1.165, 1.54) is 17.8 Å². The smallest absolute Gasteiger partial charge is 0.258 e. The third-order valence-corrected chi connectivity index (χ3v) is 5.07. The Morgan fingerprint density at radius 3 is 2.67 bits per heavy atom. The SMILES string of the molecule is O=[N+]([O-])c1ccccc1SC1=Nc2ccccc2C1CBr. The van der Waals surface area contributed by atoms with E-state index in [1.807, 2.05) is 18.2 Å². The van der Waals surface area contributed by atoms with Crippen LogP contribution in [0, 0.1) is 10.1 Å². The van der Waals surface area contributed by atoms with Gasteiger partial charge in [0.05, 0.1) is 20.5 Å². The highest BCUT2D eigenvalue weighted by Crippen LogP contribution is 2.43. The topological polar surface area (TPSA) is 55.5 Å². The van der Waals surface area contributed by atoms with Gasteiger partial charge in [-0.05, 0) is 17.7 Å². The summed E-state index contributed by atoms with van der Waals surface area (Å²) in [5.74, 6) is 0.144. The van der Waals surface area contributed by atoms with E-state index in [0.717, 1.165) is 21.6 Å². The largest absolute Gasteiger partial charge is 0.283 e. The monoisotopic (exact) mass is 362 g/mol. The number of rotatable bonds is 3. The highest BCUT2D eigenvalue weighted by Gasteiger charge is 2.28. The van der Waals surface area contributed by atoms with Gasteiger partial charge in [-0.2, -0.15) is 0 Å². The zero-order chi connectivity index (χ0) is 14.8. The van der Waals surface area contributed by atoms with Crippen molar-refractivity contribution in [2.45, 2.75) is 10.8 Å². The Balaban J connectivity index is 1.95.